The number of nitrogens with zero attached hydrogens (tertiary/aromatic N) is 1. The van der Waals surface area contributed by atoms with Crippen LogP contribution in [0.3, 0.4) is 0 Å². The van der Waals surface area contributed by atoms with Crippen LogP contribution < -0.4 is 0 Å². The fourth-order valence-corrected chi connectivity index (χ4v) is 1.93. The minimum Gasteiger partial charge on any atom is -0.508 e. The van der Waals surface area contributed by atoms with Crippen molar-refractivity contribution in [1.82, 2.24) is 4.90 Å². The van der Waals surface area contributed by atoms with Gasteiger partial charge in [-0.3, -0.25) is 4.79 Å². The van der Waals surface area contributed by atoms with Gasteiger partial charge >= 0.3 is 0 Å². The molecule has 1 N–H and O–H groups in total. The SMILES string of the molecule is CN(Cc1ccccc1)C(=O)[CH]Cc1ccc(O)cc1. The molecule has 0 heterocycles. The Balaban J connectivity index is 1.83. The van der Waals surface area contributed by atoms with Gasteiger partial charge in [-0.1, -0.05) is 42.5 Å². The molecule has 0 unspecified atom stereocenters. The summed E-state index contributed by atoms with van der Waals surface area (Å²) in [6.45, 7) is 0.603. The van der Waals surface area contributed by atoms with Crippen LogP contribution in [0.25, 0.3) is 0 Å². The van der Waals surface area contributed by atoms with Crippen molar-refractivity contribution >= 4 is 5.91 Å². The van der Waals surface area contributed by atoms with Crippen LogP contribution in [0.4, 0.5) is 0 Å². The fourth-order valence-electron chi connectivity index (χ4n) is 1.93. The first kappa shape index (κ1) is 14.1. The molecule has 0 spiro atoms. The Morgan fingerprint density at radius 3 is 2.35 bits per heavy atom. The highest BCUT2D eigenvalue weighted by molar-refractivity contribution is 5.84. The third-order valence-electron chi connectivity index (χ3n) is 3.09. The van der Waals surface area contributed by atoms with Crippen molar-refractivity contribution in [1.29, 1.82) is 0 Å². The van der Waals surface area contributed by atoms with Crippen molar-refractivity contribution < 1.29 is 9.90 Å². The van der Waals surface area contributed by atoms with Crippen LogP contribution in [0.5, 0.6) is 5.75 Å². The van der Waals surface area contributed by atoms with E-state index in [1.807, 2.05) is 42.5 Å². The molecule has 0 atom stereocenters. The van der Waals surface area contributed by atoms with E-state index in [1.54, 1.807) is 30.5 Å². The molecular formula is C17H18NO2. The Morgan fingerprint density at radius 1 is 1.05 bits per heavy atom. The Morgan fingerprint density at radius 2 is 1.70 bits per heavy atom. The van der Waals surface area contributed by atoms with Gasteiger partial charge in [0, 0.05) is 13.6 Å². The molecule has 0 fully saturated rings. The van der Waals surface area contributed by atoms with E-state index >= 15 is 0 Å². The van der Waals surface area contributed by atoms with E-state index < -0.39 is 0 Å². The van der Waals surface area contributed by atoms with Crippen LogP contribution >= 0.6 is 0 Å². The molecular weight excluding hydrogens is 250 g/mol. The van der Waals surface area contributed by atoms with Gasteiger partial charge in [0.25, 0.3) is 0 Å². The molecule has 103 valence electrons. The van der Waals surface area contributed by atoms with E-state index in [4.69, 9.17) is 0 Å². The predicted octanol–water partition coefficient (Wildman–Crippen LogP) is 2.80. The number of carbonyl (C=O) groups is 1. The van der Waals surface area contributed by atoms with E-state index in [0.29, 0.717) is 13.0 Å². The second-order valence-corrected chi connectivity index (χ2v) is 4.75. The molecule has 2 rings (SSSR count). The second-order valence-electron chi connectivity index (χ2n) is 4.75. The lowest BCUT2D eigenvalue weighted by molar-refractivity contribution is -0.126. The van der Waals surface area contributed by atoms with Gasteiger partial charge < -0.3 is 10.0 Å². The molecule has 0 bridgehead atoms. The normalized spacial score (nSPS) is 10.2. The molecule has 1 radical (unpaired) electrons. The lowest BCUT2D eigenvalue weighted by Gasteiger charge is -2.17. The lowest BCUT2D eigenvalue weighted by atomic mass is 10.1. The van der Waals surface area contributed by atoms with Gasteiger partial charge in [0.1, 0.15) is 5.75 Å². The Bertz CT molecular complexity index is 549. The minimum atomic E-state index is 0.00179. The molecule has 0 aromatic heterocycles. The average Bonchev–Trinajstić information content (AvgIpc) is 2.47. The van der Waals surface area contributed by atoms with E-state index in [2.05, 4.69) is 0 Å². The van der Waals surface area contributed by atoms with Gasteiger partial charge in [0.05, 0.1) is 6.42 Å². The molecule has 1 amide bonds. The zero-order valence-corrected chi connectivity index (χ0v) is 11.5. The maximum atomic E-state index is 12.0. The van der Waals surface area contributed by atoms with E-state index in [0.717, 1.165) is 11.1 Å². The lowest BCUT2D eigenvalue weighted by Crippen LogP contribution is -2.26. The van der Waals surface area contributed by atoms with Crippen molar-refractivity contribution in [3.8, 4) is 5.75 Å². The quantitative estimate of drug-likeness (QED) is 0.906. The molecule has 0 aliphatic rings. The van der Waals surface area contributed by atoms with Crippen molar-refractivity contribution in [3.05, 3.63) is 72.1 Å². The summed E-state index contributed by atoms with van der Waals surface area (Å²) in [5.74, 6) is 0.239. The van der Waals surface area contributed by atoms with E-state index in [1.165, 1.54) is 0 Å². The number of carbonyl (C=O) groups excluding carboxylic acids is 1. The molecule has 20 heavy (non-hydrogen) atoms. The highest BCUT2D eigenvalue weighted by Crippen LogP contribution is 2.11. The van der Waals surface area contributed by atoms with Gasteiger partial charge in [-0.25, -0.2) is 0 Å². The van der Waals surface area contributed by atoms with Crippen molar-refractivity contribution in [2.24, 2.45) is 0 Å². The average molecular weight is 268 g/mol. The molecule has 0 saturated heterocycles. The van der Waals surface area contributed by atoms with Gasteiger partial charge in [0.15, 0.2) is 0 Å². The van der Waals surface area contributed by atoms with Gasteiger partial charge in [0.2, 0.25) is 5.91 Å². The summed E-state index contributed by atoms with van der Waals surface area (Å²) in [6.07, 6.45) is 2.23. The van der Waals surface area contributed by atoms with Crippen molar-refractivity contribution in [2.45, 2.75) is 13.0 Å². The first-order valence-corrected chi connectivity index (χ1v) is 6.55. The van der Waals surface area contributed by atoms with Crippen LogP contribution in [0.1, 0.15) is 11.1 Å². The highest BCUT2D eigenvalue weighted by Gasteiger charge is 2.09. The molecule has 3 heteroatoms. The minimum absolute atomic E-state index is 0.00179. The smallest absolute Gasteiger partial charge is 0.226 e. The number of hydrogen-bond donors (Lipinski definition) is 1. The molecule has 2 aromatic carbocycles. The summed E-state index contributed by atoms with van der Waals surface area (Å²) in [6, 6.07) is 16.8. The fraction of sp³-hybridized carbons (Fsp3) is 0.176. The largest absolute Gasteiger partial charge is 0.508 e. The van der Waals surface area contributed by atoms with Crippen LogP contribution in [-0.2, 0) is 17.8 Å². The zero-order chi connectivity index (χ0) is 14.4. The third-order valence-corrected chi connectivity index (χ3v) is 3.09. The van der Waals surface area contributed by atoms with Gasteiger partial charge in [-0.15, -0.1) is 0 Å². The molecule has 0 aliphatic carbocycles. The maximum Gasteiger partial charge on any atom is 0.226 e. The second kappa shape index (κ2) is 6.75. The molecule has 0 aliphatic heterocycles. The Hall–Kier alpha value is -2.29. The van der Waals surface area contributed by atoms with E-state index in [-0.39, 0.29) is 11.7 Å². The van der Waals surface area contributed by atoms with Crippen LogP contribution in [0.15, 0.2) is 54.6 Å². The zero-order valence-electron chi connectivity index (χ0n) is 11.5. The molecule has 3 nitrogen and oxygen atoms in total. The van der Waals surface area contributed by atoms with Crippen molar-refractivity contribution in [2.75, 3.05) is 7.05 Å². The monoisotopic (exact) mass is 268 g/mol. The van der Waals surface area contributed by atoms with Gasteiger partial charge in [-0.05, 0) is 29.7 Å². The number of hydrogen-bond acceptors (Lipinski definition) is 2. The summed E-state index contributed by atoms with van der Waals surface area (Å²) in [4.78, 5) is 13.7. The number of phenolic OH excluding ortho intramolecular Hbond substituents is 1. The van der Waals surface area contributed by atoms with E-state index in [9.17, 15) is 9.90 Å². The topological polar surface area (TPSA) is 40.5 Å². The summed E-state index contributed by atoms with van der Waals surface area (Å²) in [7, 11) is 1.79. The number of aromatic hydroxyl groups is 1. The van der Waals surface area contributed by atoms with Crippen LogP contribution in [0, 0.1) is 6.42 Å². The van der Waals surface area contributed by atoms with Crippen LogP contribution in [0.2, 0.25) is 0 Å². The molecule has 0 saturated carbocycles. The first-order valence-electron chi connectivity index (χ1n) is 6.55. The van der Waals surface area contributed by atoms with Gasteiger partial charge in [-0.2, -0.15) is 0 Å². The van der Waals surface area contributed by atoms with Crippen molar-refractivity contribution in [3.63, 3.8) is 0 Å². The number of amides is 1. The Kier molecular flexibility index (Phi) is 4.77. The third kappa shape index (κ3) is 4.12. The first-order chi connectivity index (χ1) is 9.65. The summed E-state index contributed by atoms with van der Waals surface area (Å²) < 4.78 is 0. The number of phenols is 1. The highest BCUT2D eigenvalue weighted by atomic mass is 16.3. The standard InChI is InChI=1S/C17H18NO2/c1-18(13-15-5-3-2-4-6-15)17(20)12-9-14-7-10-16(19)11-8-14/h2-8,10-12,19H,9,13H2,1H3. The number of rotatable bonds is 5. The summed E-state index contributed by atoms with van der Waals surface area (Å²) in [5.41, 5.74) is 2.12. The Labute approximate surface area is 119 Å². The van der Waals surface area contributed by atoms with Crippen LogP contribution in [-0.4, -0.2) is 23.0 Å². The summed E-state index contributed by atoms with van der Waals surface area (Å²) >= 11 is 0. The maximum absolute atomic E-state index is 12.0. The molecule has 2 aromatic rings. The predicted molar refractivity (Wildman–Crippen MR) is 79.0 cm³/mol. The number of benzene rings is 2. The summed E-state index contributed by atoms with van der Waals surface area (Å²) in [5, 5.41) is 9.20.